The summed E-state index contributed by atoms with van der Waals surface area (Å²) < 4.78 is 1.81. The number of rotatable bonds is 5. The second-order valence-corrected chi connectivity index (χ2v) is 6.66. The minimum atomic E-state index is 0.373. The zero-order valence-electron chi connectivity index (χ0n) is 13.6. The highest BCUT2D eigenvalue weighted by atomic mass is 15.4. The van der Waals surface area contributed by atoms with Crippen LogP contribution < -0.4 is 5.32 Å². The van der Waals surface area contributed by atoms with E-state index < -0.39 is 0 Å². The summed E-state index contributed by atoms with van der Waals surface area (Å²) in [6.07, 6.45) is 5.24. The molecule has 0 atom stereocenters. The molecule has 0 spiro atoms. The van der Waals surface area contributed by atoms with Gasteiger partial charge in [0.15, 0.2) is 0 Å². The molecule has 1 aliphatic carbocycles. The lowest BCUT2D eigenvalue weighted by atomic mass is 9.96. The quantitative estimate of drug-likeness (QED) is 0.786. The van der Waals surface area contributed by atoms with Crippen LogP contribution in [0.2, 0.25) is 0 Å². The third-order valence-electron chi connectivity index (χ3n) is 4.92. The number of hydrogen-bond acceptors (Lipinski definition) is 4. The van der Waals surface area contributed by atoms with Crippen molar-refractivity contribution in [2.24, 2.45) is 5.41 Å². The highest BCUT2D eigenvalue weighted by molar-refractivity contribution is 5.52. The summed E-state index contributed by atoms with van der Waals surface area (Å²) in [6, 6.07) is 10.8. The molecule has 4 rings (SSSR count). The molecule has 2 aromatic heterocycles. The molecule has 5 nitrogen and oxygen atoms in total. The normalized spacial score (nSPS) is 15.7. The Kier molecular flexibility index (Phi) is 3.29. The van der Waals surface area contributed by atoms with Crippen LogP contribution in [0.4, 0.5) is 5.82 Å². The molecule has 0 bridgehead atoms. The fourth-order valence-electron chi connectivity index (χ4n) is 3.13. The molecule has 1 N–H and O–H groups in total. The maximum Gasteiger partial charge on any atom is 0.254 e. The Labute approximate surface area is 135 Å². The summed E-state index contributed by atoms with van der Waals surface area (Å²) in [5, 5.41) is 7.93. The van der Waals surface area contributed by atoms with Crippen LogP contribution in [0.1, 0.15) is 29.7 Å². The first-order valence-corrected chi connectivity index (χ1v) is 8.12. The van der Waals surface area contributed by atoms with Gasteiger partial charge in [-0.1, -0.05) is 30.3 Å². The molecule has 0 amide bonds. The summed E-state index contributed by atoms with van der Waals surface area (Å²) in [7, 11) is 0. The fourth-order valence-corrected chi connectivity index (χ4v) is 3.13. The third kappa shape index (κ3) is 2.67. The number of benzene rings is 1. The lowest BCUT2D eigenvalue weighted by molar-refractivity contribution is 0.536. The lowest BCUT2D eigenvalue weighted by Crippen LogP contribution is -2.20. The van der Waals surface area contributed by atoms with Gasteiger partial charge < -0.3 is 5.32 Å². The monoisotopic (exact) mass is 307 g/mol. The van der Waals surface area contributed by atoms with E-state index in [9.17, 15) is 0 Å². The molecule has 1 aromatic carbocycles. The third-order valence-corrected chi connectivity index (χ3v) is 4.92. The van der Waals surface area contributed by atoms with Gasteiger partial charge in [0.1, 0.15) is 12.1 Å². The Morgan fingerprint density at radius 3 is 2.70 bits per heavy atom. The fraction of sp³-hybridized carbons (Fsp3) is 0.389. The predicted octanol–water partition coefficient (Wildman–Crippen LogP) is 3.18. The van der Waals surface area contributed by atoms with Gasteiger partial charge in [-0.3, -0.25) is 0 Å². The lowest BCUT2D eigenvalue weighted by Gasteiger charge is -2.19. The SMILES string of the molecule is Cc1nc2ncnn2c(NCC2(Cc3ccccc3)CC2)c1C. The van der Waals surface area contributed by atoms with E-state index in [1.807, 2.05) is 6.92 Å². The topological polar surface area (TPSA) is 55.1 Å². The summed E-state index contributed by atoms with van der Waals surface area (Å²) in [5.74, 6) is 1.67. The van der Waals surface area contributed by atoms with Gasteiger partial charge in [0.2, 0.25) is 0 Å². The van der Waals surface area contributed by atoms with Crippen molar-refractivity contribution in [1.29, 1.82) is 0 Å². The second-order valence-electron chi connectivity index (χ2n) is 6.66. The Morgan fingerprint density at radius 1 is 1.17 bits per heavy atom. The van der Waals surface area contributed by atoms with E-state index in [0.29, 0.717) is 11.2 Å². The van der Waals surface area contributed by atoms with E-state index >= 15 is 0 Å². The second kappa shape index (κ2) is 5.33. The van der Waals surface area contributed by atoms with Crippen LogP contribution in [0.5, 0.6) is 0 Å². The van der Waals surface area contributed by atoms with Crippen molar-refractivity contribution in [3.8, 4) is 0 Å². The molecule has 1 fully saturated rings. The van der Waals surface area contributed by atoms with Crippen LogP contribution in [-0.2, 0) is 6.42 Å². The van der Waals surface area contributed by atoms with Crippen molar-refractivity contribution in [2.45, 2.75) is 33.1 Å². The van der Waals surface area contributed by atoms with Crippen LogP contribution in [-0.4, -0.2) is 26.1 Å². The van der Waals surface area contributed by atoms with Crippen LogP contribution >= 0.6 is 0 Å². The molecule has 0 aliphatic heterocycles. The Bertz CT molecular complexity index is 833. The molecular formula is C18H21N5. The van der Waals surface area contributed by atoms with Crippen molar-refractivity contribution >= 4 is 11.6 Å². The zero-order chi connectivity index (χ0) is 15.9. The number of aryl methyl sites for hydroxylation is 1. The number of nitrogens with zero attached hydrogens (tertiary/aromatic N) is 4. The maximum atomic E-state index is 4.47. The average molecular weight is 307 g/mol. The number of fused-ring (bicyclic) bond motifs is 1. The Morgan fingerprint density at radius 2 is 1.96 bits per heavy atom. The summed E-state index contributed by atoms with van der Waals surface area (Å²) in [5.41, 5.74) is 3.93. The zero-order valence-corrected chi connectivity index (χ0v) is 13.6. The standard InChI is InChI=1S/C18H21N5/c1-13-14(2)22-17-20-12-21-23(17)16(13)19-11-18(8-9-18)10-15-6-4-3-5-7-15/h3-7,12,19H,8-11H2,1-2H3. The molecular weight excluding hydrogens is 286 g/mol. The van der Waals surface area contributed by atoms with E-state index in [0.717, 1.165) is 30.0 Å². The minimum absolute atomic E-state index is 0.373. The number of hydrogen-bond donors (Lipinski definition) is 1. The van der Waals surface area contributed by atoms with Crippen molar-refractivity contribution in [3.05, 3.63) is 53.5 Å². The Balaban J connectivity index is 1.55. The highest BCUT2D eigenvalue weighted by Gasteiger charge is 2.42. The summed E-state index contributed by atoms with van der Waals surface area (Å²) in [6.45, 7) is 5.07. The van der Waals surface area contributed by atoms with Gasteiger partial charge in [0.25, 0.3) is 5.78 Å². The van der Waals surface area contributed by atoms with Crippen molar-refractivity contribution in [1.82, 2.24) is 19.6 Å². The van der Waals surface area contributed by atoms with Gasteiger partial charge in [-0.05, 0) is 44.1 Å². The minimum Gasteiger partial charge on any atom is -0.369 e. The van der Waals surface area contributed by atoms with Crippen LogP contribution in [0.3, 0.4) is 0 Å². The molecule has 118 valence electrons. The maximum absolute atomic E-state index is 4.47. The molecule has 0 unspecified atom stereocenters. The molecule has 0 radical (unpaired) electrons. The first-order chi connectivity index (χ1) is 11.2. The molecule has 1 aliphatic rings. The van der Waals surface area contributed by atoms with Crippen molar-refractivity contribution in [2.75, 3.05) is 11.9 Å². The van der Waals surface area contributed by atoms with Crippen molar-refractivity contribution < 1.29 is 0 Å². The number of aromatic nitrogens is 4. The number of anilines is 1. The first-order valence-electron chi connectivity index (χ1n) is 8.12. The number of nitrogens with one attached hydrogen (secondary N) is 1. The van der Waals surface area contributed by atoms with Crippen LogP contribution in [0.25, 0.3) is 5.78 Å². The first kappa shape index (κ1) is 14.2. The van der Waals surface area contributed by atoms with Gasteiger partial charge in [0, 0.05) is 17.8 Å². The van der Waals surface area contributed by atoms with Gasteiger partial charge in [0.05, 0.1) is 0 Å². The van der Waals surface area contributed by atoms with Crippen LogP contribution in [0, 0.1) is 19.3 Å². The molecule has 2 heterocycles. The van der Waals surface area contributed by atoms with Gasteiger partial charge in [-0.25, -0.2) is 4.98 Å². The smallest absolute Gasteiger partial charge is 0.254 e. The van der Waals surface area contributed by atoms with E-state index in [4.69, 9.17) is 0 Å². The summed E-state index contributed by atoms with van der Waals surface area (Å²) >= 11 is 0. The molecule has 23 heavy (non-hydrogen) atoms. The summed E-state index contributed by atoms with van der Waals surface area (Å²) in [4.78, 5) is 8.68. The van der Waals surface area contributed by atoms with E-state index in [2.05, 4.69) is 57.6 Å². The molecule has 3 aromatic rings. The van der Waals surface area contributed by atoms with Gasteiger partial charge in [-0.15, -0.1) is 0 Å². The average Bonchev–Trinajstić information content (AvgIpc) is 3.15. The molecule has 0 saturated heterocycles. The Hall–Kier alpha value is -2.43. The molecule has 1 saturated carbocycles. The van der Waals surface area contributed by atoms with Gasteiger partial charge in [-0.2, -0.15) is 14.6 Å². The van der Waals surface area contributed by atoms with E-state index in [-0.39, 0.29) is 0 Å². The highest BCUT2D eigenvalue weighted by Crippen LogP contribution is 2.48. The predicted molar refractivity (Wildman–Crippen MR) is 90.6 cm³/mol. The largest absolute Gasteiger partial charge is 0.369 e. The van der Waals surface area contributed by atoms with Gasteiger partial charge >= 0.3 is 0 Å². The van der Waals surface area contributed by atoms with Crippen molar-refractivity contribution in [3.63, 3.8) is 0 Å². The van der Waals surface area contributed by atoms with Crippen LogP contribution in [0.15, 0.2) is 36.7 Å². The van der Waals surface area contributed by atoms with E-state index in [1.165, 1.54) is 18.4 Å². The molecule has 5 heteroatoms. The van der Waals surface area contributed by atoms with E-state index in [1.54, 1.807) is 10.8 Å².